The number of carbonyl (C=O) groups is 2. The van der Waals surface area contributed by atoms with Gasteiger partial charge < -0.3 is 14.6 Å². The van der Waals surface area contributed by atoms with Crippen LogP contribution >= 0.6 is 34.5 Å². The Morgan fingerprint density at radius 2 is 1.46 bits per heavy atom. The minimum absolute atomic E-state index is 0.0832. The topological polar surface area (TPSA) is 85.7 Å². The molecule has 0 amide bonds. The van der Waals surface area contributed by atoms with E-state index in [4.69, 9.17) is 37.8 Å². The Morgan fingerprint density at radius 3 is 1.97 bits per heavy atom. The first kappa shape index (κ1) is 26.4. The average Bonchev–Trinajstić information content (AvgIpc) is 3.37. The van der Waals surface area contributed by atoms with E-state index in [0.29, 0.717) is 32.1 Å². The molecular weight excluding hydrogens is 533 g/mol. The van der Waals surface area contributed by atoms with E-state index in [1.807, 2.05) is 36.4 Å². The predicted molar refractivity (Wildman–Crippen MR) is 145 cm³/mol. The van der Waals surface area contributed by atoms with Gasteiger partial charge in [-0.25, -0.2) is 9.78 Å². The molecule has 9 heteroatoms. The first-order chi connectivity index (χ1) is 17.9. The third-order valence-corrected chi connectivity index (χ3v) is 6.89. The summed E-state index contributed by atoms with van der Waals surface area (Å²) in [4.78, 5) is 28.2. The van der Waals surface area contributed by atoms with Gasteiger partial charge in [0.05, 0.1) is 6.20 Å². The molecule has 0 aliphatic rings. The molecule has 0 saturated carbocycles. The van der Waals surface area contributed by atoms with E-state index in [9.17, 15) is 9.59 Å². The van der Waals surface area contributed by atoms with Gasteiger partial charge in [0, 0.05) is 39.2 Å². The first-order valence-electron chi connectivity index (χ1n) is 11.2. The van der Waals surface area contributed by atoms with E-state index >= 15 is 0 Å². The third-order valence-electron chi connectivity index (χ3n) is 5.20. The standard InChI is InChI=1S/C28H21Cl2NO5S/c29-23-8-3-1-6-18(23)16-35-21-12-20(13-22(14-21)36-17-19-7-2-4-9-24(19)30)25(32)10-5-11-27-31-15-26(37-27)28(33)34/h1-9,11-15H,10,16-17H2,(H,33,34)/b11-5+. The van der Waals surface area contributed by atoms with Crippen LogP contribution in [0.1, 0.15) is 42.6 Å². The number of aromatic nitrogens is 1. The zero-order chi connectivity index (χ0) is 26.2. The number of rotatable bonds is 11. The Kier molecular flexibility index (Phi) is 8.95. The summed E-state index contributed by atoms with van der Waals surface area (Å²) in [5.41, 5.74) is 2.03. The minimum atomic E-state index is -1.04. The van der Waals surface area contributed by atoms with Crippen molar-refractivity contribution in [3.63, 3.8) is 0 Å². The van der Waals surface area contributed by atoms with Gasteiger partial charge in [-0.2, -0.15) is 0 Å². The lowest BCUT2D eigenvalue weighted by molar-refractivity contribution is 0.0701. The summed E-state index contributed by atoms with van der Waals surface area (Å²) in [5, 5.41) is 10.7. The number of hydrogen-bond acceptors (Lipinski definition) is 6. The molecule has 0 aliphatic carbocycles. The van der Waals surface area contributed by atoms with Gasteiger partial charge >= 0.3 is 5.97 Å². The number of Topliss-reactive ketones (excluding diaryl/α,β-unsaturated/α-hetero) is 1. The molecule has 0 bridgehead atoms. The summed E-state index contributed by atoms with van der Waals surface area (Å²) >= 11 is 13.5. The lowest BCUT2D eigenvalue weighted by Crippen LogP contribution is -2.03. The number of allylic oxidation sites excluding steroid dienone is 1. The molecule has 4 aromatic rings. The van der Waals surface area contributed by atoms with Crippen molar-refractivity contribution in [2.75, 3.05) is 0 Å². The largest absolute Gasteiger partial charge is 0.489 e. The van der Waals surface area contributed by atoms with Crippen molar-refractivity contribution in [2.45, 2.75) is 19.6 Å². The molecule has 0 aliphatic heterocycles. The van der Waals surface area contributed by atoms with Gasteiger partial charge in [-0.05, 0) is 30.3 Å². The Balaban J connectivity index is 1.51. The number of nitrogens with zero attached hydrogens (tertiary/aromatic N) is 1. The fraction of sp³-hybridized carbons (Fsp3) is 0.107. The Labute approximate surface area is 227 Å². The second-order valence-corrected chi connectivity index (χ2v) is 9.73. The van der Waals surface area contributed by atoms with Gasteiger partial charge in [-0.15, -0.1) is 11.3 Å². The quantitative estimate of drug-likeness (QED) is 0.192. The summed E-state index contributed by atoms with van der Waals surface area (Å²) in [6.07, 6.45) is 4.65. The SMILES string of the molecule is O=C(C/C=C/c1ncc(C(=O)O)s1)c1cc(OCc2ccccc2Cl)cc(OCc2ccccc2Cl)c1. The molecule has 0 atom stereocenters. The highest BCUT2D eigenvalue weighted by atomic mass is 35.5. The molecule has 4 rings (SSSR count). The molecule has 0 radical (unpaired) electrons. The number of ketones is 1. The van der Waals surface area contributed by atoms with Crippen LogP contribution in [0.4, 0.5) is 0 Å². The Morgan fingerprint density at radius 1 is 0.892 bits per heavy atom. The molecule has 0 saturated heterocycles. The Bertz CT molecular complexity index is 1380. The van der Waals surface area contributed by atoms with Gasteiger partial charge in [0.2, 0.25) is 0 Å². The molecule has 1 aromatic heterocycles. The lowest BCUT2D eigenvalue weighted by Gasteiger charge is -2.13. The van der Waals surface area contributed by atoms with E-state index in [-0.39, 0.29) is 30.3 Å². The number of benzene rings is 3. The van der Waals surface area contributed by atoms with Gasteiger partial charge in [-0.1, -0.05) is 65.7 Å². The number of carboxylic acid groups (broad SMARTS) is 1. The highest BCUT2D eigenvalue weighted by Gasteiger charge is 2.12. The number of ether oxygens (including phenoxy) is 2. The van der Waals surface area contributed by atoms with Gasteiger partial charge in [0.15, 0.2) is 5.78 Å². The van der Waals surface area contributed by atoms with Gasteiger partial charge in [0.25, 0.3) is 0 Å². The smallest absolute Gasteiger partial charge is 0.347 e. The van der Waals surface area contributed by atoms with Crippen molar-refractivity contribution in [3.05, 3.63) is 116 Å². The van der Waals surface area contributed by atoms with E-state index in [2.05, 4.69) is 4.98 Å². The van der Waals surface area contributed by atoms with Crippen molar-refractivity contribution in [1.29, 1.82) is 0 Å². The van der Waals surface area contributed by atoms with Crippen LogP contribution in [-0.2, 0) is 13.2 Å². The molecular formula is C28H21Cl2NO5S. The summed E-state index contributed by atoms with van der Waals surface area (Å²) < 4.78 is 11.9. The zero-order valence-corrected chi connectivity index (χ0v) is 21.7. The molecule has 0 unspecified atom stereocenters. The molecule has 0 fully saturated rings. The van der Waals surface area contributed by atoms with Crippen molar-refractivity contribution >= 4 is 52.4 Å². The zero-order valence-electron chi connectivity index (χ0n) is 19.4. The minimum Gasteiger partial charge on any atom is -0.489 e. The number of carbonyl (C=O) groups excluding carboxylic acids is 1. The van der Waals surface area contributed by atoms with Crippen molar-refractivity contribution in [3.8, 4) is 11.5 Å². The monoisotopic (exact) mass is 553 g/mol. The number of halogens is 2. The summed E-state index contributed by atoms with van der Waals surface area (Å²) in [5.74, 6) is -0.298. The molecule has 3 aromatic carbocycles. The van der Waals surface area contributed by atoms with Gasteiger partial charge in [-0.3, -0.25) is 4.79 Å². The van der Waals surface area contributed by atoms with E-state index < -0.39 is 5.97 Å². The van der Waals surface area contributed by atoms with E-state index in [0.717, 1.165) is 22.5 Å². The second-order valence-electron chi connectivity index (χ2n) is 7.85. The maximum Gasteiger partial charge on any atom is 0.347 e. The average molecular weight is 554 g/mol. The normalized spacial score (nSPS) is 11.0. The molecule has 37 heavy (non-hydrogen) atoms. The summed E-state index contributed by atoms with van der Waals surface area (Å²) in [6, 6.07) is 19.7. The molecule has 0 spiro atoms. The lowest BCUT2D eigenvalue weighted by atomic mass is 10.1. The summed E-state index contributed by atoms with van der Waals surface area (Å²) in [7, 11) is 0. The van der Waals surface area contributed by atoms with E-state index in [1.165, 1.54) is 6.20 Å². The predicted octanol–water partition coefficient (Wildman–Crippen LogP) is 7.59. The van der Waals surface area contributed by atoms with Crippen LogP contribution in [0.5, 0.6) is 11.5 Å². The van der Waals surface area contributed by atoms with Crippen LogP contribution < -0.4 is 9.47 Å². The molecule has 188 valence electrons. The summed E-state index contributed by atoms with van der Waals surface area (Å²) in [6.45, 7) is 0.439. The van der Waals surface area contributed by atoms with Crippen molar-refractivity contribution < 1.29 is 24.2 Å². The van der Waals surface area contributed by atoms with Crippen molar-refractivity contribution in [2.24, 2.45) is 0 Å². The number of aromatic carboxylic acids is 1. The van der Waals surface area contributed by atoms with Crippen LogP contribution in [0.2, 0.25) is 10.0 Å². The second kappa shape index (κ2) is 12.5. The number of hydrogen-bond donors (Lipinski definition) is 1. The fourth-order valence-electron chi connectivity index (χ4n) is 3.30. The van der Waals surface area contributed by atoms with Crippen LogP contribution in [0.15, 0.2) is 79.0 Å². The number of carboxylic acids is 1. The van der Waals surface area contributed by atoms with Crippen LogP contribution in [0.3, 0.4) is 0 Å². The third kappa shape index (κ3) is 7.43. The molecule has 1 heterocycles. The Hall–Kier alpha value is -3.65. The fourth-order valence-corrected chi connectivity index (χ4v) is 4.37. The maximum absolute atomic E-state index is 13.0. The molecule has 1 N–H and O–H groups in total. The highest BCUT2D eigenvalue weighted by Crippen LogP contribution is 2.27. The van der Waals surface area contributed by atoms with Crippen LogP contribution in [-0.4, -0.2) is 21.8 Å². The van der Waals surface area contributed by atoms with E-state index in [1.54, 1.807) is 42.5 Å². The van der Waals surface area contributed by atoms with Crippen LogP contribution in [0.25, 0.3) is 6.08 Å². The molecule has 6 nitrogen and oxygen atoms in total. The van der Waals surface area contributed by atoms with Crippen LogP contribution in [0, 0.1) is 0 Å². The highest BCUT2D eigenvalue weighted by molar-refractivity contribution is 7.14. The maximum atomic E-state index is 13.0. The van der Waals surface area contributed by atoms with Crippen molar-refractivity contribution in [1.82, 2.24) is 4.98 Å². The first-order valence-corrected chi connectivity index (χ1v) is 12.7. The number of thiazole rings is 1. The van der Waals surface area contributed by atoms with Gasteiger partial charge in [0.1, 0.15) is 34.6 Å².